The molecule has 0 aliphatic heterocycles. The highest BCUT2D eigenvalue weighted by Gasteiger charge is 2.32. The first-order chi connectivity index (χ1) is 10.1. The second-order valence-electron chi connectivity index (χ2n) is 4.51. The van der Waals surface area contributed by atoms with Crippen molar-refractivity contribution >= 4 is 29.3 Å². The van der Waals surface area contributed by atoms with Crippen LogP contribution in [-0.4, -0.2) is 24.3 Å². The van der Waals surface area contributed by atoms with Crippen molar-refractivity contribution in [3.8, 4) is 0 Å². The number of amides is 1. The number of ketones is 2. The molecule has 1 aromatic carbocycles. The number of hydrogen-bond donors (Lipinski definition) is 1. The second-order valence-corrected chi connectivity index (χ2v) is 4.89. The minimum atomic E-state index is -0.794. The molecule has 0 unspecified atom stereocenters. The lowest BCUT2D eigenvalue weighted by Crippen LogP contribution is -2.33. The highest BCUT2D eigenvalue weighted by molar-refractivity contribution is 6.50. The molecule has 21 heavy (non-hydrogen) atoms. The SMILES string of the molecule is CCCCOC(=O)NC1=C(Cl)C(=O)c2ccccc2C1=O. The van der Waals surface area contributed by atoms with E-state index in [1.807, 2.05) is 6.92 Å². The molecule has 6 heteroatoms. The summed E-state index contributed by atoms with van der Waals surface area (Å²) in [5.74, 6) is -0.988. The number of Topliss-reactive ketones (excluding diaryl/α,β-unsaturated/α-hetero) is 2. The molecule has 0 radical (unpaired) electrons. The zero-order valence-corrected chi connectivity index (χ0v) is 12.2. The number of hydrogen-bond acceptors (Lipinski definition) is 4. The zero-order chi connectivity index (χ0) is 15.4. The molecular weight excluding hydrogens is 294 g/mol. The van der Waals surface area contributed by atoms with Crippen LogP contribution >= 0.6 is 11.6 Å². The summed E-state index contributed by atoms with van der Waals surface area (Å²) in [7, 11) is 0. The van der Waals surface area contributed by atoms with Gasteiger partial charge in [-0.25, -0.2) is 4.79 Å². The predicted octanol–water partition coefficient (Wildman–Crippen LogP) is 3.04. The number of carbonyl (C=O) groups excluding carboxylic acids is 3. The Hall–Kier alpha value is -2.14. The molecule has 0 bridgehead atoms. The van der Waals surface area contributed by atoms with Gasteiger partial charge in [-0.3, -0.25) is 14.9 Å². The smallest absolute Gasteiger partial charge is 0.411 e. The number of rotatable bonds is 4. The Labute approximate surface area is 126 Å². The molecule has 0 spiro atoms. The molecule has 1 aromatic rings. The lowest BCUT2D eigenvalue weighted by atomic mass is 9.92. The van der Waals surface area contributed by atoms with E-state index in [9.17, 15) is 14.4 Å². The largest absolute Gasteiger partial charge is 0.449 e. The molecule has 1 N–H and O–H groups in total. The van der Waals surface area contributed by atoms with E-state index in [2.05, 4.69) is 5.32 Å². The molecule has 0 fully saturated rings. The lowest BCUT2D eigenvalue weighted by molar-refractivity contribution is 0.0969. The van der Waals surface area contributed by atoms with Crippen molar-refractivity contribution in [2.45, 2.75) is 19.8 Å². The van der Waals surface area contributed by atoms with Crippen molar-refractivity contribution in [1.29, 1.82) is 0 Å². The molecule has 0 saturated carbocycles. The van der Waals surface area contributed by atoms with Crippen molar-refractivity contribution in [2.75, 3.05) is 6.61 Å². The molecule has 2 rings (SSSR count). The van der Waals surface area contributed by atoms with E-state index in [4.69, 9.17) is 16.3 Å². The minimum Gasteiger partial charge on any atom is -0.449 e. The number of carbonyl (C=O) groups is 3. The van der Waals surface area contributed by atoms with Crippen LogP contribution in [0.15, 0.2) is 35.0 Å². The van der Waals surface area contributed by atoms with Crippen LogP contribution in [0.3, 0.4) is 0 Å². The maximum absolute atomic E-state index is 12.3. The highest BCUT2D eigenvalue weighted by Crippen LogP contribution is 2.27. The van der Waals surface area contributed by atoms with Gasteiger partial charge in [-0.1, -0.05) is 49.2 Å². The second kappa shape index (κ2) is 6.54. The Kier molecular flexibility index (Phi) is 4.75. The van der Waals surface area contributed by atoms with E-state index in [1.165, 1.54) is 12.1 Å². The molecular formula is C15H14ClNO4. The summed E-state index contributed by atoms with van der Waals surface area (Å²) in [4.78, 5) is 36.0. The predicted molar refractivity (Wildman–Crippen MR) is 77.4 cm³/mol. The minimum absolute atomic E-state index is 0.218. The molecule has 5 nitrogen and oxygen atoms in total. The van der Waals surface area contributed by atoms with Gasteiger partial charge in [0, 0.05) is 11.1 Å². The Morgan fingerprint density at radius 3 is 2.43 bits per heavy atom. The van der Waals surface area contributed by atoms with Gasteiger partial charge in [-0.2, -0.15) is 0 Å². The fourth-order valence-electron chi connectivity index (χ4n) is 1.90. The first-order valence-electron chi connectivity index (χ1n) is 6.58. The van der Waals surface area contributed by atoms with Crippen LogP contribution in [-0.2, 0) is 4.74 Å². The Morgan fingerprint density at radius 1 is 1.19 bits per heavy atom. The zero-order valence-electron chi connectivity index (χ0n) is 11.4. The summed E-state index contributed by atoms with van der Waals surface area (Å²) < 4.78 is 4.90. The summed E-state index contributed by atoms with van der Waals surface area (Å²) >= 11 is 5.90. The van der Waals surface area contributed by atoms with Crippen LogP contribution in [0.5, 0.6) is 0 Å². The van der Waals surface area contributed by atoms with E-state index >= 15 is 0 Å². The van der Waals surface area contributed by atoms with Crippen molar-refractivity contribution in [1.82, 2.24) is 5.32 Å². The summed E-state index contributed by atoms with van der Waals surface area (Å²) in [5.41, 5.74) is 0.218. The molecule has 110 valence electrons. The first kappa shape index (κ1) is 15.3. The normalized spacial score (nSPS) is 14.0. The standard InChI is InChI=1S/C15H14ClNO4/c1-2-3-8-21-15(20)17-12-11(16)13(18)9-6-4-5-7-10(9)14(12)19/h4-7H,2-3,8H2,1H3,(H,17,20). The highest BCUT2D eigenvalue weighted by atomic mass is 35.5. The monoisotopic (exact) mass is 307 g/mol. The van der Waals surface area contributed by atoms with Crippen LogP contribution in [0.1, 0.15) is 40.5 Å². The number of unbranched alkanes of at least 4 members (excludes halogenated alkanes) is 1. The van der Waals surface area contributed by atoms with Crippen LogP contribution < -0.4 is 5.32 Å². The van der Waals surface area contributed by atoms with E-state index in [1.54, 1.807) is 12.1 Å². The number of allylic oxidation sites excluding steroid dienone is 2. The van der Waals surface area contributed by atoms with Gasteiger partial charge in [-0.15, -0.1) is 0 Å². The van der Waals surface area contributed by atoms with E-state index in [0.29, 0.717) is 0 Å². The van der Waals surface area contributed by atoms with Crippen LogP contribution in [0.2, 0.25) is 0 Å². The molecule has 0 atom stereocenters. The number of alkyl carbamates (subject to hydrolysis) is 1. The van der Waals surface area contributed by atoms with Crippen LogP contribution in [0.25, 0.3) is 0 Å². The van der Waals surface area contributed by atoms with E-state index in [-0.39, 0.29) is 28.5 Å². The maximum Gasteiger partial charge on any atom is 0.411 e. The van der Waals surface area contributed by atoms with Gasteiger partial charge in [0.2, 0.25) is 11.6 Å². The maximum atomic E-state index is 12.3. The molecule has 0 saturated heterocycles. The van der Waals surface area contributed by atoms with Gasteiger partial charge in [0.05, 0.1) is 6.61 Å². The van der Waals surface area contributed by atoms with Crippen LogP contribution in [0.4, 0.5) is 4.79 Å². The first-order valence-corrected chi connectivity index (χ1v) is 6.96. The fourth-order valence-corrected chi connectivity index (χ4v) is 2.14. The van der Waals surface area contributed by atoms with Gasteiger partial charge in [0.15, 0.2) is 0 Å². The van der Waals surface area contributed by atoms with E-state index < -0.39 is 17.7 Å². The molecule has 1 aliphatic rings. The molecule has 0 heterocycles. The third kappa shape index (κ3) is 3.13. The Balaban J connectivity index is 2.20. The van der Waals surface area contributed by atoms with Crippen molar-refractivity contribution in [2.24, 2.45) is 0 Å². The summed E-state index contributed by atoms with van der Waals surface area (Å²) in [5, 5.41) is 1.96. The molecule has 1 amide bonds. The van der Waals surface area contributed by atoms with Crippen LogP contribution in [0, 0.1) is 0 Å². The molecule has 0 aromatic heterocycles. The third-order valence-electron chi connectivity index (χ3n) is 3.02. The third-order valence-corrected chi connectivity index (χ3v) is 3.38. The van der Waals surface area contributed by atoms with Gasteiger partial charge in [0.1, 0.15) is 10.7 Å². The topological polar surface area (TPSA) is 72.5 Å². The Bertz CT molecular complexity index is 636. The summed E-state index contributed by atoms with van der Waals surface area (Å²) in [6, 6.07) is 6.32. The summed E-state index contributed by atoms with van der Waals surface area (Å²) in [6.45, 7) is 2.20. The number of benzene rings is 1. The number of fused-ring (bicyclic) bond motifs is 1. The van der Waals surface area contributed by atoms with Crippen molar-refractivity contribution in [3.63, 3.8) is 0 Å². The van der Waals surface area contributed by atoms with Gasteiger partial charge >= 0.3 is 6.09 Å². The van der Waals surface area contributed by atoms with Crippen molar-refractivity contribution < 1.29 is 19.1 Å². The Morgan fingerprint density at radius 2 is 1.81 bits per heavy atom. The average molecular weight is 308 g/mol. The van der Waals surface area contributed by atoms with E-state index in [0.717, 1.165) is 12.8 Å². The number of halogens is 1. The number of ether oxygens (including phenoxy) is 1. The van der Waals surface area contributed by atoms with Gasteiger partial charge in [0.25, 0.3) is 0 Å². The number of nitrogens with one attached hydrogen (secondary N) is 1. The van der Waals surface area contributed by atoms with Gasteiger partial charge in [-0.05, 0) is 6.42 Å². The molecule has 1 aliphatic carbocycles. The lowest BCUT2D eigenvalue weighted by Gasteiger charge is -2.17. The summed E-state index contributed by atoms with van der Waals surface area (Å²) in [6.07, 6.45) is 0.800. The van der Waals surface area contributed by atoms with Crippen molar-refractivity contribution in [3.05, 3.63) is 46.1 Å². The average Bonchev–Trinajstić information content (AvgIpc) is 2.49. The quantitative estimate of drug-likeness (QED) is 0.868. The van der Waals surface area contributed by atoms with Gasteiger partial charge < -0.3 is 4.74 Å². The fraction of sp³-hybridized carbons (Fsp3) is 0.267.